The lowest BCUT2D eigenvalue weighted by molar-refractivity contribution is -0.0354. The summed E-state index contributed by atoms with van der Waals surface area (Å²) in [6.07, 6.45) is 7.11. The monoisotopic (exact) mass is 335 g/mol. The molecule has 12 unspecified atom stereocenters. The smallest absolute Gasteiger partial charge is 0.114 e. The van der Waals surface area contributed by atoms with Crippen molar-refractivity contribution < 1.29 is 4.74 Å². The normalized spacial score (nSPS) is 58.9. The van der Waals surface area contributed by atoms with Crippen molar-refractivity contribution in [2.75, 3.05) is 0 Å². The van der Waals surface area contributed by atoms with Gasteiger partial charge in [-0.1, -0.05) is 13.2 Å². The van der Waals surface area contributed by atoms with Crippen LogP contribution in [-0.4, -0.2) is 6.10 Å². The van der Waals surface area contributed by atoms with E-state index in [1.807, 2.05) is 6.92 Å². The number of nitrogens with zero attached hydrogens (tertiary/aromatic N) is 1. The van der Waals surface area contributed by atoms with Gasteiger partial charge in [0, 0.05) is 5.92 Å². The lowest BCUT2D eigenvalue weighted by Crippen LogP contribution is -2.45. The van der Waals surface area contributed by atoms with Crippen molar-refractivity contribution in [2.45, 2.75) is 45.1 Å². The number of ether oxygens (including phenoxy) is 1. The van der Waals surface area contributed by atoms with E-state index < -0.39 is 0 Å². The van der Waals surface area contributed by atoms with Crippen LogP contribution in [0.2, 0.25) is 0 Å². The Labute approximate surface area is 151 Å². The van der Waals surface area contributed by atoms with Gasteiger partial charge in [-0.2, -0.15) is 5.26 Å². The minimum atomic E-state index is 0.387. The van der Waals surface area contributed by atoms with Gasteiger partial charge in [-0.25, -0.2) is 0 Å². The molecule has 6 fully saturated rings. The molecule has 6 aliphatic rings. The summed E-state index contributed by atoms with van der Waals surface area (Å²) in [6.45, 7) is 10.1. The zero-order chi connectivity index (χ0) is 17.0. The van der Waals surface area contributed by atoms with Gasteiger partial charge in [0.25, 0.3) is 0 Å². The quantitative estimate of drug-likeness (QED) is 0.422. The lowest BCUT2D eigenvalue weighted by atomic mass is 9.58. The Morgan fingerprint density at radius 3 is 2.16 bits per heavy atom. The van der Waals surface area contributed by atoms with Gasteiger partial charge in [0.05, 0.1) is 6.07 Å². The van der Waals surface area contributed by atoms with Crippen LogP contribution in [0.25, 0.3) is 0 Å². The molecule has 0 heterocycles. The Bertz CT molecular complexity index is 703. The molecular weight excluding hydrogens is 306 g/mol. The maximum atomic E-state index is 9.55. The standard InChI is InChI=1S/C23H29NO/c1-10(2)11(3)25-19-7-13-6-16(19)23-18-8-17(21(13)23)22-15-5-12(20(18)22)4-14(15)9-24/h12-23H,1,3-8H2,2H3. The maximum Gasteiger partial charge on any atom is 0.114 e. The molecule has 0 aromatic rings. The molecule has 2 nitrogen and oxygen atoms in total. The summed E-state index contributed by atoms with van der Waals surface area (Å²) >= 11 is 0. The first-order valence-corrected chi connectivity index (χ1v) is 10.5. The van der Waals surface area contributed by atoms with Crippen molar-refractivity contribution in [3.8, 4) is 6.07 Å². The Balaban J connectivity index is 1.27. The molecule has 2 heteroatoms. The van der Waals surface area contributed by atoms with E-state index >= 15 is 0 Å². The third-order valence-corrected chi connectivity index (χ3v) is 9.66. The van der Waals surface area contributed by atoms with Gasteiger partial charge in [0.2, 0.25) is 0 Å². The van der Waals surface area contributed by atoms with Crippen LogP contribution in [0.15, 0.2) is 24.5 Å². The number of hydrogen-bond acceptors (Lipinski definition) is 2. The number of nitriles is 1. The van der Waals surface area contributed by atoms with E-state index in [-0.39, 0.29) is 0 Å². The van der Waals surface area contributed by atoms with Gasteiger partial charge in [-0.05, 0) is 104 Å². The molecule has 0 spiro atoms. The molecular formula is C23H29NO. The predicted molar refractivity (Wildman–Crippen MR) is 95.9 cm³/mol. The fraction of sp³-hybridized carbons (Fsp3) is 0.783. The van der Waals surface area contributed by atoms with Crippen LogP contribution in [0.5, 0.6) is 0 Å². The van der Waals surface area contributed by atoms with Crippen molar-refractivity contribution >= 4 is 0 Å². The molecule has 6 aliphatic carbocycles. The van der Waals surface area contributed by atoms with E-state index in [1.54, 1.807) is 0 Å². The van der Waals surface area contributed by atoms with E-state index in [2.05, 4.69) is 19.2 Å². The number of rotatable bonds is 3. The number of hydrogen-bond donors (Lipinski definition) is 0. The van der Waals surface area contributed by atoms with Crippen LogP contribution in [0.4, 0.5) is 0 Å². The van der Waals surface area contributed by atoms with Crippen LogP contribution >= 0.6 is 0 Å². The second-order valence-corrected chi connectivity index (χ2v) is 10.3. The van der Waals surface area contributed by atoms with Gasteiger partial charge in [-0.15, -0.1) is 0 Å². The zero-order valence-corrected chi connectivity index (χ0v) is 15.2. The molecule has 0 aromatic carbocycles. The maximum absolute atomic E-state index is 9.55. The SMILES string of the molecule is C=C(C)C(=C)OC1CC2CC1C1C3CC(C21)C1C2CC(CC2C#N)C31. The molecule has 0 aliphatic heterocycles. The van der Waals surface area contributed by atoms with Crippen molar-refractivity contribution in [3.63, 3.8) is 0 Å². The first-order valence-electron chi connectivity index (χ1n) is 10.5. The average Bonchev–Trinajstić information content (AvgIpc) is 3.36. The van der Waals surface area contributed by atoms with Crippen LogP contribution in [-0.2, 0) is 4.74 Å². The van der Waals surface area contributed by atoms with E-state index in [4.69, 9.17) is 4.74 Å². The van der Waals surface area contributed by atoms with Crippen molar-refractivity contribution in [3.05, 3.63) is 24.5 Å². The first-order chi connectivity index (χ1) is 12.1. The molecule has 0 saturated heterocycles. The van der Waals surface area contributed by atoms with E-state index in [0.29, 0.717) is 12.0 Å². The number of allylic oxidation sites excluding steroid dienone is 1. The van der Waals surface area contributed by atoms with E-state index in [0.717, 1.165) is 70.5 Å². The molecule has 0 aromatic heterocycles. The topological polar surface area (TPSA) is 33.0 Å². The largest absolute Gasteiger partial charge is 0.490 e. The molecule has 12 atom stereocenters. The third kappa shape index (κ3) is 1.67. The Morgan fingerprint density at radius 2 is 1.48 bits per heavy atom. The molecule has 0 radical (unpaired) electrons. The first kappa shape index (κ1) is 14.9. The highest BCUT2D eigenvalue weighted by Gasteiger charge is 2.73. The van der Waals surface area contributed by atoms with Crippen LogP contribution in [0.3, 0.4) is 0 Å². The summed E-state index contributed by atoms with van der Waals surface area (Å²) in [5, 5.41) is 9.55. The summed E-state index contributed by atoms with van der Waals surface area (Å²) in [4.78, 5) is 0. The summed E-state index contributed by atoms with van der Waals surface area (Å²) in [6, 6.07) is 2.66. The Hall–Kier alpha value is -1.23. The highest BCUT2D eigenvalue weighted by atomic mass is 16.5. The highest BCUT2D eigenvalue weighted by molar-refractivity contribution is 5.23. The van der Waals surface area contributed by atoms with Crippen molar-refractivity contribution in [2.24, 2.45) is 65.1 Å². The highest BCUT2D eigenvalue weighted by Crippen LogP contribution is 2.77. The summed E-state index contributed by atoms with van der Waals surface area (Å²) in [5.74, 6) is 10.2. The van der Waals surface area contributed by atoms with Gasteiger partial charge in [-0.3, -0.25) is 0 Å². The Kier molecular flexibility index (Phi) is 2.82. The van der Waals surface area contributed by atoms with Gasteiger partial charge < -0.3 is 4.74 Å². The zero-order valence-electron chi connectivity index (χ0n) is 15.2. The van der Waals surface area contributed by atoms with Crippen molar-refractivity contribution in [1.82, 2.24) is 0 Å². The van der Waals surface area contributed by atoms with Crippen LogP contribution < -0.4 is 0 Å². The van der Waals surface area contributed by atoms with Crippen LogP contribution in [0, 0.1) is 76.4 Å². The Morgan fingerprint density at radius 1 is 0.840 bits per heavy atom. The molecule has 0 amide bonds. The van der Waals surface area contributed by atoms with E-state index in [1.165, 1.54) is 32.1 Å². The second-order valence-electron chi connectivity index (χ2n) is 10.3. The molecule has 132 valence electrons. The second kappa shape index (κ2) is 4.73. The summed E-state index contributed by atoms with van der Waals surface area (Å²) < 4.78 is 6.29. The summed E-state index contributed by atoms with van der Waals surface area (Å²) in [5.41, 5.74) is 0.975. The minimum absolute atomic E-state index is 0.387. The van der Waals surface area contributed by atoms with Gasteiger partial charge >= 0.3 is 0 Å². The van der Waals surface area contributed by atoms with Gasteiger partial charge in [0.1, 0.15) is 11.9 Å². The van der Waals surface area contributed by atoms with Crippen LogP contribution in [0.1, 0.15) is 39.0 Å². The van der Waals surface area contributed by atoms with E-state index in [9.17, 15) is 5.26 Å². The predicted octanol–water partition coefficient (Wildman–Crippen LogP) is 4.80. The molecule has 6 bridgehead atoms. The molecule has 6 rings (SSSR count). The average molecular weight is 335 g/mol. The molecule has 25 heavy (non-hydrogen) atoms. The van der Waals surface area contributed by atoms with Crippen molar-refractivity contribution in [1.29, 1.82) is 5.26 Å². The lowest BCUT2D eigenvalue weighted by Gasteiger charge is -2.47. The third-order valence-electron chi connectivity index (χ3n) is 9.66. The fourth-order valence-corrected chi connectivity index (χ4v) is 9.34. The summed E-state index contributed by atoms with van der Waals surface area (Å²) in [7, 11) is 0. The number of fused-ring (bicyclic) bond motifs is 16. The van der Waals surface area contributed by atoms with Gasteiger partial charge in [0.15, 0.2) is 0 Å². The molecule has 6 saturated carbocycles. The fourth-order valence-electron chi connectivity index (χ4n) is 9.34. The minimum Gasteiger partial charge on any atom is -0.490 e. The molecule has 0 N–H and O–H groups in total.